The number of sulfonamides is 1. The first-order chi connectivity index (χ1) is 17.6. The van der Waals surface area contributed by atoms with Gasteiger partial charge in [0.1, 0.15) is 10.7 Å². The number of nitrogens with zero attached hydrogens (tertiary/aromatic N) is 3. The fourth-order valence-electron chi connectivity index (χ4n) is 4.33. The third kappa shape index (κ3) is 4.55. The van der Waals surface area contributed by atoms with Gasteiger partial charge in [0.15, 0.2) is 10.8 Å². The lowest BCUT2D eigenvalue weighted by atomic mass is 10.0. The number of amides is 1. The van der Waals surface area contributed by atoms with Gasteiger partial charge in [-0.15, -0.1) is 0 Å². The quantitative estimate of drug-likeness (QED) is 0.298. The number of nitrogens with two attached hydrogens (primary N) is 2. The van der Waals surface area contributed by atoms with Crippen LogP contribution >= 0.6 is 12.2 Å². The number of rotatable bonds is 5. The summed E-state index contributed by atoms with van der Waals surface area (Å²) >= 11 is 5.14. The van der Waals surface area contributed by atoms with E-state index in [2.05, 4.69) is 5.10 Å². The lowest BCUT2D eigenvalue weighted by Crippen LogP contribution is -2.36. The van der Waals surface area contributed by atoms with Crippen molar-refractivity contribution in [1.29, 1.82) is 0 Å². The zero-order valence-corrected chi connectivity index (χ0v) is 20.8. The number of fused-ring (bicyclic) bond motifs is 2. The van der Waals surface area contributed by atoms with Crippen molar-refractivity contribution in [3.63, 3.8) is 0 Å². The van der Waals surface area contributed by atoms with Gasteiger partial charge >= 0.3 is 0 Å². The molecule has 0 atom stereocenters. The van der Waals surface area contributed by atoms with Gasteiger partial charge in [0.2, 0.25) is 10.0 Å². The van der Waals surface area contributed by atoms with Crippen LogP contribution in [-0.2, 0) is 21.4 Å². The van der Waals surface area contributed by atoms with E-state index in [4.69, 9.17) is 23.1 Å². The van der Waals surface area contributed by atoms with E-state index in [-0.39, 0.29) is 28.0 Å². The third-order valence-electron chi connectivity index (χ3n) is 5.97. The predicted octanol–water partition coefficient (Wildman–Crippen LogP) is 3.63. The molecule has 1 aliphatic heterocycles. The Morgan fingerprint density at radius 3 is 2.46 bits per heavy atom. The first kappa shape index (κ1) is 24.5. The summed E-state index contributed by atoms with van der Waals surface area (Å²) in [5.74, 6) is -1.05. The summed E-state index contributed by atoms with van der Waals surface area (Å²) in [7, 11) is -4.17. The number of hydrogen-bond donors (Lipinski definition) is 2. The number of thiocarbonyl (C=S) groups is 1. The molecule has 0 saturated carbocycles. The fourth-order valence-corrected chi connectivity index (χ4v) is 5.18. The molecule has 4 N–H and O–H groups in total. The Balaban J connectivity index is 1.64. The van der Waals surface area contributed by atoms with Gasteiger partial charge in [-0.25, -0.2) is 23.0 Å². The average Bonchev–Trinajstić information content (AvgIpc) is 3.11. The summed E-state index contributed by atoms with van der Waals surface area (Å²) in [6.45, 7) is 0.149. The Hall–Kier alpha value is -4.19. The van der Waals surface area contributed by atoms with Crippen LogP contribution in [0.2, 0.25) is 0 Å². The fraction of sp³-hybridized carbons (Fsp3) is 0.0385. The van der Waals surface area contributed by atoms with Gasteiger partial charge in [-0.2, -0.15) is 5.10 Å². The van der Waals surface area contributed by atoms with E-state index >= 15 is 0 Å². The Morgan fingerprint density at radius 1 is 1.00 bits per heavy atom. The molecule has 0 bridgehead atoms. The van der Waals surface area contributed by atoms with Crippen LogP contribution in [0.1, 0.15) is 11.1 Å². The van der Waals surface area contributed by atoms with Crippen LogP contribution in [0.5, 0.6) is 0 Å². The molecule has 0 saturated heterocycles. The van der Waals surface area contributed by atoms with Crippen LogP contribution in [0.3, 0.4) is 0 Å². The average molecular weight is 534 g/mol. The number of para-hydroxylation sites is 1. The number of primary sulfonamides is 1. The lowest BCUT2D eigenvalue weighted by molar-refractivity contribution is -0.112. The van der Waals surface area contributed by atoms with Crippen molar-refractivity contribution < 1.29 is 17.6 Å². The van der Waals surface area contributed by atoms with E-state index in [1.165, 1.54) is 41.3 Å². The first-order valence-corrected chi connectivity index (χ1v) is 13.0. The summed E-state index contributed by atoms with van der Waals surface area (Å²) in [5.41, 5.74) is 7.32. The highest BCUT2D eigenvalue weighted by molar-refractivity contribution is 7.89. The van der Waals surface area contributed by atoms with Gasteiger partial charge in [-0.05, 0) is 58.9 Å². The third-order valence-corrected chi connectivity index (χ3v) is 7.10. The van der Waals surface area contributed by atoms with Gasteiger partial charge in [-0.1, -0.05) is 54.6 Å². The number of carbonyl (C=O) groups excluding carboxylic acids is 1. The molecule has 186 valence electrons. The topological polar surface area (TPSA) is 122 Å². The van der Waals surface area contributed by atoms with Crippen LogP contribution in [0.4, 0.5) is 15.8 Å². The normalized spacial score (nSPS) is 14.3. The molecule has 11 heteroatoms. The molecule has 0 aromatic heterocycles. The maximum absolute atomic E-state index is 14.3. The summed E-state index contributed by atoms with van der Waals surface area (Å²) in [5, 5.41) is 12.4. The Morgan fingerprint density at radius 2 is 1.70 bits per heavy atom. The van der Waals surface area contributed by atoms with Gasteiger partial charge in [0.25, 0.3) is 5.91 Å². The molecule has 0 fully saturated rings. The zero-order chi connectivity index (χ0) is 26.3. The number of hydrazone groups is 1. The molecule has 5 rings (SSSR count). The van der Waals surface area contributed by atoms with E-state index in [0.717, 1.165) is 21.3 Å². The van der Waals surface area contributed by atoms with Crippen LogP contribution in [-0.4, -0.2) is 25.1 Å². The Kier molecular flexibility index (Phi) is 6.20. The minimum atomic E-state index is -4.17. The van der Waals surface area contributed by atoms with Crippen molar-refractivity contribution in [2.45, 2.75) is 11.4 Å². The van der Waals surface area contributed by atoms with Crippen LogP contribution in [0.15, 0.2) is 94.9 Å². The van der Waals surface area contributed by atoms with E-state index < -0.39 is 21.7 Å². The zero-order valence-electron chi connectivity index (χ0n) is 19.2. The number of anilines is 2. The van der Waals surface area contributed by atoms with Crippen molar-refractivity contribution in [2.24, 2.45) is 16.0 Å². The predicted molar refractivity (Wildman–Crippen MR) is 145 cm³/mol. The van der Waals surface area contributed by atoms with Crippen molar-refractivity contribution in [3.8, 4) is 0 Å². The molecule has 4 aromatic carbocycles. The molecule has 4 aromatic rings. The highest BCUT2D eigenvalue weighted by Gasteiger charge is 2.36. The number of halogens is 1. The molecular formula is C26H20FN5O3S2. The second-order valence-corrected chi connectivity index (χ2v) is 10.3. The second kappa shape index (κ2) is 9.36. The Labute approximate surface area is 217 Å². The SMILES string of the molecule is NC(=S)N(/N=C1\C(=O)N(Cc2cccc3ccccc23)c2cc(F)ccc21)c1ccccc1S(N)(=O)=O. The number of benzene rings is 4. The van der Waals surface area contributed by atoms with Crippen LogP contribution < -0.4 is 20.8 Å². The van der Waals surface area contributed by atoms with Gasteiger partial charge in [0, 0.05) is 5.56 Å². The molecule has 1 heterocycles. The maximum Gasteiger partial charge on any atom is 0.279 e. The molecular weight excluding hydrogens is 513 g/mol. The van der Waals surface area contributed by atoms with E-state index in [1.807, 2.05) is 42.5 Å². The van der Waals surface area contributed by atoms with Gasteiger partial charge in [-0.3, -0.25) is 4.79 Å². The summed E-state index contributed by atoms with van der Waals surface area (Å²) in [6, 6.07) is 23.1. The van der Waals surface area contributed by atoms with Crippen molar-refractivity contribution in [2.75, 3.05) is 9.91 Å². The molecule has 0 unspecified atom stereocenters. The summed E-state index contributed by atoms with van der Waals surface area (Å²) in [4.78, 5) is 14.8. The standard InChI is InChI=1S/C26H20FN5O3S2/c27-18-12-13-20-22(14-18)31(15-17-8-5-7-16-6-1-2-9-19(16)17)25(33)24(20)30-32(26(28)36)21-10-3-4-11-23(21)37(29,34)35/h1-14H,15H2,(H2,28,36)(H2,29,34,35)/b30-24-. The van der Waals surface area contributed by atoms with Gasteiger partial charge < -0.3 is 10.6 Å². The molecule has 1 amide bonds. The second-order valence-electron chi connectivity index (χ2n) is 8.30. The molecule has 0 aliphatic carbocycles. The Bertz CT molecular complexity index is 1720. The molecule has 0 spiro atoms. The summed E-state index contributed by atoms with van der Waals surface area (Å²) < 4.78 is 38.7. The molecule has 1 aliphatic rings. The molecule has 37 heavy (non-hydrogen) atoms. The van der Waals surface area contributed by atoms with Crippen molar-refractivity contribution in [1.82, 2.24) is 0 Å². The van der Waals surface area contributed by atoms with Crippen molar-refractivity contribution in [3.05, 3.63) is 102 Å². The monoisotopic (exact) mass is 533 g/mol. The lowest BCUT2D eigenvalue weighted by Gasteiger charge is -2.20. The largest absolute Gasteiger partial charge is 0.374 e. The number of hydrogen-bond acceptors (Lipinski definition) is 5. The molecule has 0 radical (unpaired) electrons. The smallest absolute Gasteiger partial charge is 0.279 e. The summed E-state index contributed by atoms with van der Waals surface area (Å²) in [6.07, 6.45) is 0. The maximum atomic E-state index is 14.3. The highest BCUT2D eigenvalue weighted by atomic mass is 32.2. The molecule has 8 nitrogen and oxygen atoms in total. The van der Waals surface area contributed by atoms with E-state index in [1.54, 1.807) is 6.07 Å². The van der Waals surface area contributed by atoms with E-state index in [9.17, 15) is 17.6 Å². The minimum Gasteiger partial charge on any atom is -0.374 e. The van der Waals surface area contributed by atoms with Crippen LogP contribution in [0.25, 0.3) is 10.8 Å². The van der Waals surface area contributed by atoms with Crippen molar-refractivity contribution >= 4 is 61.1 Å². The first-order valence-electron chi connectivity index (χ1n) is 11.0. The van der Waals surface area contributed by atoms with Gasteiger partial charge in [0.05, 0.1) is 17.9 Å². The number of carbonyl (C=O) groups is 1. The van der Waals surface area contributed by atoms with E-state index in [0.29, 0.717) is 11.3 Å². The van der Waals surface area contributed by atoms with Crippen LogP contribution in [0, 0.1) is 5.82 Å². The minimum absolute atomic E-state index is 0.0195. The highest BCUT2D eigenvalue weighted by Crippen LogP contribution is 2.34.